The van der Waals surface area contributed by atoms with Gasteiger partial charge in [-0.25, -0.2) is 9.69 Å². The van der Waals surface area contributed by atoms with E-state index in [-0.39, 0.29) is 24.5 Å². The van der Waals surface area contributed by atoms with Crippen molar-refractivity contribution in [2.24, 2.45) is 11.7 Å². The van der Waals surface area contributed by atoms with Gasteiger partial charge in [0.25, 0.3) is 0 Å². The first-order valence-electron chi connectivity index (χ1n) is 21.4. The highest BCUT2D eigenvalue weighted by molar-refractivity contribution is 6.24. The smallest absolute Gasteiger partial charge is 0.329 e. The highest BCUT2D eigenvalue weighted by Crippen LogP contribution is 2.66. The minimum Gasteiger partial charge on any atom is -0.497 e. The number of rotatable bonds is 10. The number of cyclic esters (lactones) is 1. The molecule has 0 saturated carbocycles. The van der Waals surface area contributed by atoms with Crippen molar-refractivity contribution >= 4 is 29.5 Å². The summed E-state index contributed by atoms with van der Waals surface area (Å²) in [7, 11) is 1.58. The van der Waals surface area contributed by atoms with Crippen LogP contribution >= 0.6 is 0 Å². The molecule has 4 N–H and O–H groups in total. The summed E-state index contributed by atoms with van der Waals surface area (Å²) >= 11 is 0. The zero-order valence-electron chi connectivity index (χ0n) is 35.7. The second-order valence-corrected chi connectivity index (χ2v) is 16.2. The van der Waals surface area contributed by atoms with Crippen LogP contribution in [0, 0.1) is 17.8 Å². The second-order valence-electron chi connectivity index (χ2n) is 16.2. The Labute approximate surface area is 376 Å². The zero-order valence-corrected chi connectivity index (χ0v) is 35.7. The number of carbonyl (C=O) groups is 4. The Morgan fingerprint density at radius 2 is 1.40 bits per heavy atom. The van der Waals surface area contributed by atoms with Crippen LogP contribution < -0.4 is 25.4 Å². The van der Waals surface area contributed by atoms with Crippen molar-refractivity contribution in [1.29, 1.82) is 0 Å². The van der Waals surface area contributed by atoms with E-state index in [9.17, 15) is 14.7 Å². The zero-order chi connectivity index (χ0) is 45.2. The lowest BCUT2D eigenvalue weighted by Crippen LogP contribution is -2.55. The molecule has 2 fully saturated rings. The lowest BCUT2D eigenvalue weighted by molar-refractivity contribution is -0.178. The molecule has 7 unspecified atom stereocenters. The lowest BCUT2D eigenvalue weighted by Gasteiger charge is -2.46. The molecule has 6 aromatic carbocycles. The van der Waals surface area contributed by atoms with Gasteiger partial charge < -0.3 is 30.4 Å². The van der Waals surface area contributed by atoms with Gasteiger partial charge in [0, 0.05) is 11.1 Å². The number of aliphatic hydroxyl groups excluding tert-OH is 1. The van der Waals surface area contributed by atoms with Crippen molar-refractivity contribution in [3.8, 4) is 23.3 Å². The first-order valence-corrected chi connectivity index (χ1v) is 21.4. The molecule has 6 aromatic rings. The van der Waals surface area contributed by atoms with Gasteiger partial charge in [-0.3, -0.25) is 19.3 Å². The van der Waals surface area contributed by atoms with Crippen molar-refractivity contribution in [1.82, 2.24) is 10.2 Å². The highest BCUT2D eigenvalue weighted by Gasteiger charge is 2.75. The van der Waals surface area contributed by atoms with E-state index < -0.39 is 65.4 Å². The molecular formula is C53H46N4O8. The van der Waals surface area contributed by atoms with E-state index >= 15 is 9.59 Å². The van der Waals surface area contributed by atoms with Crippen molar-refractivity contribution in [3.05, 3.63) is 197 Å². The summed E-state index contributed by atoms with van der Waals surface area (Å²) in [5.41, 5.74) is 8.89. The molecule has 0 aliphatic carbocycles. The second kappa shape index (κ2) is 17.8. The molecule has 7 atom stereocenters. The van der Waals surface area contributed by atoms with Crippen molar-refractivity contribution in [3.63, 3.8) is 0 Å². The Hall–Kier alpha value is -7.72. The number of morpholine rings is 1. The number of methoxy groups -OCH3 is 1. The first kappa shape index (κ1) is 42.6. The average molecular weight is 867 g/mol. The predicted molar refractivity (Wildman–Crippen MR) is 243 cm³/mol. The van der Waals surface area contributed by atoms with Gasteiger partial charge in [0.1, 0.15) is 35.7 Å². The van der Waals surface area contributed by atoms with Gasteiger partial charge in [-0.1, -0.05) is 115 Å². The molecule has 3 aliphatic rings. The van der Waals surface area contributed by atoms with Crippen LogP contribution in [-0.2, 0) is 24.5 Å². The third-order valence-corrected chi connectivity index (χ3v) is 12.6. The van der Waals surface area contributed by atoms with Crippen LogP contribution in [0.25, 0.3) is 0 Å². The Morgan fingerprint density at radius 3 is 2.06 bits per heavy atom. The number of esters is 1. The largest absolute Gasteiger partial charge is 0.497 e. The van der Waals surface area contributed by atoms with Crippen molar-refractivity contribution in [2.75, 3.05) is 25.2 Å². The Morgan fingerprint density at radius 1 is 0.769 bits per heavy atom. The number of hydrogen-bond donors (Lipinski definition) is 3. The van der Waals surface area contributed by atoms with Crippen LogP contribution in [0.15, 0.2) is 158 Å². The number of anilines is 1. The Balaban J connectivity index is 1.32. The highest BCUT2D eigenvalue weighted by atomic mass is 16.6. The van der Waals surface area contributed by atoms with E-state index in [1.54, 1.807) is 61.7 Å². The van der Waals surface area contributed by atoms with Crippen LogP contribution in [0.5, 0.6) is 11.5 Å². The number of benzene rings is 6. The topological polar surface area (TPSA) is 161 Å². The van der Waals surface area contributed by atoms with Crippen LogP contribution in [0.1, 0.15) is 70.1 Å². The van der Waals surface area contributed by atoms with E-state index in [1.807, 2.05) is 115 Å². The number of nitrogens with zero attached hydrogens (tertiary/aromatic N) is 2. The SMILES string of the molecule is COc1ccc(C#Cc2ccc3c(c2)C2(C(=O)N3C(=O)NC(C)c3ccccc3)C(C(N)=O)C3C(=O)OC(c4ccccc4)C(c4ccccc4)N3C2c2cccc(OCCO)c2)cc1. The molecular weight excluding hydrogens is 821 g/mol. The number of imide groups is 1. The van der Waals surface area contributed by atoms with Crippen molar-refractivity contribution in [2.45, 2.75) is 42.6 Å². The molecule has 12 nitrogen and oxygen atoms in total. The molecule has 0 aromatic heterocycles. The van der Waals surface area contributed by atoms with Crippen LogP contribution in [-0.4, -0.2) is 60.2 Å². The van der Waals surface area contributed by atoms with Gasteiger partial charge in [0.2, 0.25) is 11.8 Å². The maximum Gasteiger partial charge on any atom is 0.329 e. The van der Waals surface area contributed by atoms with Gasteiger partial charge in [-0.15, -0.1) is 0 Å². The fraction of sp³-hybridized carbons (Fsp3) is 0.208. The fourth-order valence-corrected chi connectivity index (χ4v) is 9.85. The summed E-state index contributed by atoms with van der Waals surface area (Å²) in [4.78, 5) is 63.7. The molecule has 12 heteroatoms. The molecule has 0 radical (unpaired) electrons. The summed E-state index contributed by atoms with van der Waals surface area (Å²) in [6, 6.07) is 42.8. The summed E-state index contributed by atoms with van der Waals surface area (Å²) in [6.45, 7) is 1.54. The van der Waals surface area contributed by atoms with E-state index in [0.29, 0.717) is 33.8 Å². The minimum atomic E-state index is -2.04. The predicted octanol–water partition coefficient (Wildman–Crippen LogP) is 7.09. The van der Waals surface area contributed by atoms with E-state index in [2.05, 4.69) is 17.2 Å². The summed E-state index contributed by atoms with van der Waals surface area (Å²) in [5.74, 6) is 3.43. The number of nitrogens with two attached hydrogens (primary N) is 1. The number of fused-ring (bicyclic) bond motifs is 3. The quantitative estimate of drug-likeness (QED) is 0.0966. The van der Waals surface area contributed by atoms with Gasteiger partial charge in [0.15, 0.2) is 0 Å². The van der Waals surface area contributed by atoms with E-state index in [4.69, 9.17) is 19.9 Å². The number of ether oxygens (including phenoxy) is 3. The summed E-state index contributed by atoms with van der Waals surface area (Å²) < 4.78 is 17.7. The fourth-order valence-electron chi connectivity index (χ4n) is 9.85. The lowest BCUT2D eigenvalue weighted by atomic mass is 9.65. The number of carbonyl (C=O) groups excluding carboxylic acids is 4. The molecule has 4 amide bonds. The molecule has 3 aliphatic heterocycles. The molecule has 9 rings (SSSR count). The molecule has 1 spiro atoms. The number of nitrogens with one attached hydrogen (secondary N) is 1. The average Bonchev–Trinajstić information content (AvgIpc) is 3.80. The van der Waals surface area contributed by atoms with Crippen LogP contribution in [0.3, 0.4) is 0 Å². The van der Waals surface area contributed by atoms with Gasteiger partial charge in [-0.2, -0.15) is 0 Å². The van der Waals surface area contributed by atoms with Gasteiger partial charge in [-0.05, 0) is 89.3 Å². The third kappa shape index (κ3) is 7.54. The number of aliphatic hydroxyl groups is 1. The Kier molecular flexibility index (Phi) is 11.7. The monoisotopic (exact) mass is 866 g/mol. The standard InChI is InChI=1S/C53H46N4O8/c1-33(36-13-6-3-7-14-36)55-52(62)56-43-28-25-35(22-21-34-23-26-40(63-2)27-24-34)31-42(43)53(51(56)61)44(49(54)59)46-50(60)65-47(38-17-10-5-11-18-38)45(37-15-8-4-9-16-37)57(46)48(53)39-19-12-20-41(32-39)64-30-29-58/h3-20,23-28,31-33,44-48,58H,29-30H2,1-2H3,(H2,54,59)(H,55,62). The van der Waals surface area contributed by atoms with E-state index in [0.717, 1.165) is 16.0 Å². The third-order valence-electron chi connectivity index (χ3n) is 12.6. The van der Waals surface area contributed by atoms with Gasteiger partial charge in [0.05, 0.1) is 43.4 Å². The normalized spacial score (nSPS) is 22.5. The maximum absolute atomic E-state index is 16.3. The molecule has 65 heavy (non-hydrogen) atoms. The van der Waals surface area contributed by atoms with Crippen LogP contribution in [0.4, 0.5) is 10.5 Å². The van der Waals surface area contributed by atoms with Crippen molar-refractivity contribution < 1.29 is 38.5 Å². The molecule has 0 bridgehead atoms. The number of amides is 4. The summed E-state index contributed by atoms with van der Waals surface area (Å²) in [5, 5.41) is 12.8. The Bertz CT molecular complexity index is 2810. The maximum atomic E-state index is 16.3. The van der Waals surface area contributed by atoms with Crippen LogP contribution in [0.2, 0.25) is 0 Å². The minimum absolute atomic E-state index is 0.0178. The van der Waals surface area contributed by atoms with E-state index in [1.165, 1.54) is 0 Å². The summed E-state index contributed by atoms with van der Waals surface area (Å²) in [6.07, 6.45) is -0.911. The number of hydrogen-bond acceptors (Lipinski definition) is 9. The first-order chi connectivity index (χ1) is 31.6. The van der Waals surface area contributed by atoms with Gasteiger partial charge >= 0.3 is 12.0 Å². The molecule has 2 saturated heterocycles. The molecule has 326 valence electrons. The number of primary amides is 1. The number of urea groups is 1. The molecule has 3 heterocycles.